The van der Waals surface area contributed by atoms with Gasteiger partial charge >= 0.3 is 0 Å². The smallest absolute Gasteiger partial charge is 0.241 e. The van der Waals surface area contributed by atoms with Crippen LogP contribution >= 0.6 is 0 Å². The highest BCUT2D eigenvalue weighted by molar-refractivity contribution is 7.92. The molecule has 1 N–H and O–H groups in total. The lowest BCUT2D eigenvalue weighted by atomic mass is 9.89. The lowest BCUT2D eigenvalue weighted by molar-refractivity contribution is -0.120. The number of fused-ring (bicyclic) bond motifs is 1. The average Bonchev–Trinajstić information content (AvgIpc) is 2.70. The first-order chi connectivity index (χ1) is 14.9. The topological polar surface area (TPSA) is 102 Å². The van der Waals surface area contributed by atoms with Crippen LogP contribution in [-0.4, -0.2) is 45.6 Å². The van der Waals surface area contributed by atoms with Crippen LogP contribution in [0.15, 0.2) is 42.5 Å². The molecule has 0 saturated heterocycles. The van der Waals surface area contributed by atoms with Gasteiger partial charge in [0.1, 0.15) is 23.6 Å². The van der Waals surface area contributed by atoms with Gasteiger partial charge in [0.25, 0.3) is 0 Å². The summed E-state index contributed by atoms with van der Waals surface area (Å²) in [6.07, 6.45) is 1.52. The van der Waals surface area contributed by atoms with Crippen molar-refractivity contribution >= 4 is 27.4 Å². The summed E-state index contributed by atoms with van der Waals surface area (Å²) in [4.78, 5) is 24.7. The maximum Gasteiger partial charge on any atom is 0.241 e. The van der Waals surface area contributed by atoms with Crippen molar-refractivity contribution in [2.45, 2.75) is 38.8 Å². The largest absolute Gasteiger partial charge is 0.497 e. The molecule has 2 aromatic rings. The summed E-state index contributed by atoms with van der Waals surface area (Å²) in [6, 6.07) is 11.2. The number of Topliss-reactive ketones (excluding diaryl/α,β-unsaturated/α-hetero) is 1. The number of carbonyl (C=O) groups excluding carboxylic acids is 2. The SMILES string of the molecule is COc1ccc2c(c1)C(NC(=O)CN(c1cccc(C(C)=O)c1)S(C)(=O)=O)CC(C)(C)O2. The zero-order valence-electron chi connectivity index (χ0n) is 18.8. The first kappa shape index (κ1) is 23.6. The Morgan fingerprint density at radius 3 is 2.56 bits per heavy atom. The normalized spacial score (nSPS) is 17.0. The van der Waals surface area contributed by atoms with E-state index in [1.54, 1.807) is 43.5 Å². The molecule has 2 aromatic carbocycles. The quantitative estimate of drug-likeness (QED) is 0.637. The molecule has 9 heteroatoms. The van der Waals surface area contributed by atoms with Crippen LogP contribution in [0.4, 0.5) is 5.69 Å². The second-order valence-corrected chi connectivity index (χ2v) is 10.4. The number of ketones is 1. The molecular weight excluding hydrogens is 432 g/mol. The number of anilines is 1. The minimum atomic E-state index is -3.77. The fourth-order valence-corrected chi connectivity index (χ4v) is 4.59. The van der Waals surface area contributed by atoms with E-state index in [2.05, 4.69) is 5.32 Å². The lowest BCUT2D eigenvalue weighted by Crippen LogP contribution is -2.45. The van der Waals surface area contributed by atoms with Crippen LogP contribution in [0.3, 0.4) is 0 Å². The minimum Gasteiger partial charge on any atom is -0.497 e. The summed E-state index contributed by atoms with van der Waals surface area (Å²) in [5.41, 5.74) is 0.862. The minimum absolute atomic E-state index is 0.195. The predicted octanol–water partition coefficient (Wildman–Crippen LogP) is 3.08. The number of rotatable bonds is 7. The summed E-state index contributed by atoms with van der Waals surface area (Å²) < 4.78 is 37.2. The van der Waals surface area contributed by atoms with E-state index < -0.39 is 28.1 Å². The second-order valence-electron chi connectivity index (χ2n) is 8.47. The number of hydrogen-bond acceptors (Lipinski definition) is 6. The highest BCUT2D eigenvalue weighted by Gasteiger charge is 2.35. The summed E-state index contributed by atoms with van der Waals surface area (Å²) in [7, 11) is -2.22. The predicted molar refractivity (Wildman–Crippen MR) is 122 cm³/mol. The van der Waals surface area contributed by atoms with Crippen LogP contribution in [0.5, 0.6) is 11.5 Å². The van der Waals surface area contributed by atoms with Crippen LogP contribution in [0.25, 0.3) is 0 Å². The number of hydrogen-bond donors (Lipinski definition) is 1. The zero-order chi connectivity index (χ0) is 23.7. The van der Waals surface area contributed by atoms with Crippen molar-refractivity contribution < 1.29 is 27.5 Å². The molecule has 1 atom stereocenters. The number of nitrogens with zero attached hydrogens (tertiary/aromatic N) is 1. The standard InChI is InChI=1S/C23H28N2O6S/c1-15(26)16-7-6-8-17(11-16)25(32(5,28)29)14-22(27)24-20-13-23(2,3)31-21-10-9-18(30-4)12-19(20)21/h6-12,20H,13-14H2,1-5H3,(H,24,27). The molecule has 1 unspecified atom stereocenters. The van der Waals surface area contributed by atoms with Gasteiger partial charge in [-0.2, -0.15) is 0 Å². The molecule has 0 saturated carbocycles. The van der Waals surface area contributed by atoms with Gasteiger partial charge in [-0.05, 0) is 51.1 Å². The number of benzene rings is 2. The van der Waals surface area contributed by atoms with Gasteiger partial charge in [0, 0.05) is 17.5 Å². The van der Waals surface area contributed by atoms with Crippen molar-refractivity contribution in [1.29, 1.82) is 0 Å². The maximum absolute atomic E-state index is 13.0. The Morgan fingerprint density at radius 2 is 1.94 bits per heavy atom. The van der Waals surface area contributed by atoms with Crippen molar-refractivity contribution in [1.82, 2.24) is 5.32 Å². The van der Waals surface area contributed by atoms with Gasteiger partial charge in [0.05, 0.1) is 25.1 Å². The van der Waals surface area contributed by atoms with Crippen molar-refractivity contribution in [3.8, 4) is 11.5 Å². The molecular formula is C23H28N2O6S. The highest BCUT2D eigenvalue weighted by atomic mass is 32.2. The van der Waals surface area contributed by atoms with Crippen LogP contribution in [0.1, 0.15) is 49.2 Å². The Labute approximate surface area is 188 Å². The van der Waals surface area contributed by atoms with Gasteiger partial charge < -0.3 is 14.8 Å². The Balaban J connectivity index is 1.87. The summed E-state index contributed by atoms with van der Waals surface area (Å²) in [5, 5.41) is 2.94. The molecule has 0 bridgehead atoms. The van der Waals surface area contributed by atoms with E-state index in [1.165, 1.54) is 13.0 Å². The summed E-state index contributed by atoms with van der Waals surface area (Å²) in [6.45, 7) is 4.83. The molecule has 1 heterocycles. The highest BCUT2D eigenvalue weighted by Crippen LogP contribution is 2.41. The molecule has 8 nitrogen and oxygen atoms in total. The van der Waals surface area contributed by atoms with E-state index in [9.17, 15) is 18.0 Å². The molecule has 1 amide bonds. The van der Waals surface area contributed by atoms with Crippen LogP contribution in [0, 0.1) is 0 Å². The monoisotopic (exact) mass is 460 g/mol. The first-order valence-electron chi connectivity index (χ1n) is 10.1. The molecule has 0 aromatic heterocycles. The first-order valence-corrected chi connectivity index (χ1v) is 12.0. The Hall–Kier alpha value is -3.07. The van der Waals surface area contributed by atoms with E-state index >= 15 is 0 Å². The molecule has 172 valence electrons. The van der Waals surface area contributed by atoms with Crippen molar-refractivity contribution in [3.63, 3.8) is 0 Å². The van der Waals surface area contributed by atoms with Crippen molar-refractivity contribution in [2.75, 3.05) is 24.2 Å². The van der Waals surface area contributed by atoms with Crippen molar-refractivity contribution in [3.05, 3.63) is 53.6 Å². The van der Waals surface area contributed by atoms with Crippen LogP contribution < -0.4 is 19.1 Å². The third-order valence-electron chi connectivity index (χ3n) is 5.24. The van der Waals surface area contributed by atoms with Gasteiger partial charge in [-0.25, -0.2) is 8.42 Å². The zero-order valence-corrected chi connectivity index (χ0v) is 19.7. The molecule has 0 spiro atoms. The fraction of sp³-hybridized carbons (Fsp3) is 0.391. The molecule has 32 heavy (non-hydrogen) atoms. The third kappa shape index (κ3) is 5.40. The molecule has 0 radical (unpaired) electrons. The van der Waals surface area contributed by atoms with E-state index in [0.717, 1.165) is 16.1 Å². The Bertz CT molecular complexity index is 1140. The van der Waals surface area contributed by atoms with Gasteiger partial charge in [-0.1, -0.05) is 12.1 Å². The Kier molecular flexibility index (Phi) is 6.50. The lowest BCUT2D eigenvalue weighted by Gasteiger charge is -2.38. The number of nitrogens with one attached hydrogen (secondary N) is 1. The third-order valence-corrected chi connectivity index (χ3v) is 6.38. The molecule has 0 fully saturated rings. The van der Waals surface area contributed by atoms with Crippen LogP contribution in [0.2, 0.25) is 0 Å². The number of methoxy groups -OCH3 is 1. The number of carbonyl (C=O) groups is 2. The number of amides is 1. The fourth-order valence-electron chi connectivity index (χ4n) is 3.74. The van der Waals surface area contributed by atoms with Gasteiger partial charge in [0.2, 0.25) is 15.9 Å². The number of ether oxygens (including phenoxy) is 2. The molecule has 1 aliphatic heterocycles. The maximum atomic E-state index is 13.0. The molecule has 0 aliphatic carbocycles. The molecule has 1 aliphatic rings. The average molecular weight is 461 g/mol. The number of sulfonamides is 1. The molecule has 3 rings (SSSR count). The van der Waals surface area contributed by atoms with Gasteiger partial charge in [-0.3, -0.25) is 13.9 Å². The van der Waals surface area contributed by atoms with E-state index in [-0.39, 0.29) is 17.5 Å². The van der Waals surface area contributed by atoms with Gasteiger partial charge in [0.15, 0.2) is 5.78 Å². The summed E-state index contributed by atoms with van der Waals surface area (Å²) in [5.74, 6) is 0.603. The second kappa shape index (κ2) is 8.82. The van der Waals surface area contributed by atoms with E-state index in [4.69, 9.17) is 9.47 Å². The van der Waals surface area contributed by atoms with E-state index in [1.807, 2.05) is 13.8 Å². The van der Waals surface area contributed by atoms with Crippen LogP contribution in [-0.2, 0) is 14.8 Å². The van der Waals surface area contributed by atoms with Gasteiger partial charge in [-0.15, -0.1) is 0 Å². The Morgan fingerprint density at radius 1 is 1.22 bits per heavy atom. The van der Waals surface area contributed by atoms with E-state index in [0.29, 0.717) is 23.5 Å². The van der Waals surface area contributed by atoms with Crippen molar-refractivity contribution in [2.24, 2.45) is 0 Å². The summed E-state index contributed by atoms with van der Waals surface area (Å²) >= 11 is 0.